The molecule has 0 bridgehead atoms. The van der Waals surface area contributed by atoms with Gasteiger partial charge in [-0.25, -0.2) is 0 Å². The van der Waals surface area contributed by atoms with E-state index in [0.29, 0.717) is 9.91 Å². The third-order valence-corrected chi connectivity index (χ3v) is 2.81. The number of aldehydes is 1. The van der Waals surface area contributed by atoms with Gasteiger partial charge in [-0.05, 0) is 19.1 Å². The minimum absolute atomic E-state index is 0.697. The summed E-state index contributed by atoms with van der Waals surface area (Å²) in [5, 5.41) is 0.697. The summed E-state index contributed by atoms with van der Waals surface area (Å²) in [7, 11) is 0. The lowest BCUT2D eigenvalue weighted by Gasteiger charge is -1.87. The number of hydrogen-bond acceptors (Lipinski definition) is 2. The highest BCUT2D eigenvalue weighted by atomic mass is 35.5. The van der Waals surface area contributed by atoms with E-state index in [1.165, 1.54) is 11.3 Å². The molecule has 0 spiro atoms. The maximum atomic E-state index is 10.3. The van der Waals surface area contributed by atoms with Gasteiger partial charge in [0.2, 0.25) is 0 Å². The number of carbonyl (C=O) groups excluding carboxylic acids is 1. The van der Waals surface area contributed by atoms with E-state index in [9.17, 15) is 4.79 Å². The number of rotatable bonds is 2. The number of allylic oxidation sites excluding steroid dienone is 1. The fourth-order valence-electron chi connectivity index (χ4n) is 0.687. The van der Waals surface area contributed by atoms with E-state index in [4.69, 9.17) is 11.6 Å². The Morgan fingerprint density at radius 1 is 1.64 bits per heavy atom. The normalized spacial score (nSPS) is 11.6. The van der Waals surface area contributed by atoms with E-state index in [2.05, 4.69) is 0 Å². The van der Waals surface area contributed by atoms with Gasteiger partial charge in [-0.3, -0.25) is 4.79 Å². The van der Waals surface area contributed by atoms with E-state index in [-0.39, 0.29) is 0 Å². The lowest BCUT2D eigenvalue weighted by atomic mass is 10.4. The van der Waals surface area contributed by atoms with Crippen molar-refractivity contribution in [2.24, 2.45) is 0 Å². The Hall–Kier alpha value is -0.600. The Bertz CT molecular complexity index is 288. The van der Waals surface area contributed by atoms with Gasteiger partial charge in [-0.15, -0.1) is 11.3 Å². The molecular formula is C8H7ClOS. The fourth-order valence-corrected chi connectivity index (χ4v) is 1.66. The molecule has 0 atom stereocenters. The second-order valence-electron chi connectivity index (χ2n) is 1.96. The first-order chi connectivity index (χ1) is 5.27. The summed E-state index contributed by atoms with van der Waals surface area (Å²) in [4.78, 5) is 11.9. The van der Waals surface area contributed by atoms with Crippen molar-refractivity contribution in [2.75, 3.05) is 0 Å². The van der Waals surface area contributed by atoms with Crippen molar-refractivity contribution in [1.29, 1.82) is 0 Å². The minimum atomic E-state index is 0.697. The fraction of sp³-hybridized carbons (Fsp3) is 0.125. The second kappa shape index (κ2) is 3.69. The molecule has 58 valence electrons. The molecule has 0 aliphatic carbocycles. The van der Waals surface area contributed by atoms with E-state index in [1.54, 1.807) is 6.07 Å². The summed E-state index contributed by atoms with van der Waals surface area (Å²) < 4.78 is 0. The first kappa shape index (κ1) is 8.50. The molecule has 1 heterocycles. The standard InChI is InChI=1S/C8H7ClOS/c1-2-7(9)8-4-3-6(5-10)11-8/h2-5H,1H3/b7-2-. The van der Waals surface area contributed by atoms with Crippen LogP contribution in [0.5, 0.6) is 0 Å². The van der Waals surface area contributed by atoms with Crippen LogP contribution in [0.3, 0.4) is 0 Å². The predicted octanol–water partition coefficient (Wildman–Crippen LogP) is 3.16. The molecule has 0 aliphatic rings. The molecule has 0 N–H and O–H groups in total. The highest BCUT2D eigenvalue weighted by molar-refractivity contribution is 7.15. The Morgan fingerprint density at radius 3 is 2.82 bits per heavy atom. The van der Waals surface area contributed by atoms with Crippen molar-refractivity contribution in [1.82, 2.24) is 0 Å². The molecule has 1 nitrogen and oxygen atoms in total. The number of hydrogen-bond donors (Lipinski definition) is 0. The summed E-state index contributed by atoms with van der Waals surface area (Å²) in [5.74, 6) is 0. The van der Waals surface area contributed by atoms with Crippen LogP contribution < -0.4 is 0 Å². The van der Waals surface area contributed by atoms with Crippen LogP contribution >= 0.6 is 22.9 Å². The minimum Gasteiger partial charge on any atom is -0.297 e. The van der Waals surface area contributed by atoms with Crippen LogP contribution in [0.2, 0.25) is 0 Å². The quantitative estimate of drug-likeness (QED) is 0.649. The van der Waals surface area contributed by atoms with Gasteiger partial charge in [0, 0.05) is 4.88 Å². The molecule has 0 amide bonds. The lowest BCUT2D eigenvalue weighted by molar-refractivity contribution is 0.112. The van der Waals surface area contributed by atoms with Crippen LogP contribution in [-0.4, -0.2) is 6.29 Å². The average molecular weight is 187 g/mol. The third kappa shape index (κ3) is 1.91. The van der Waals surface area contributed by atoms with Gasteiger partial charge in [0.05, 0.1) is 9.91 Å². The summed E-state index contributed by atoms with van der Waals surface area (Å²) in [6.07, 6.45) is 2.63. The van der Waals surface area contributed by atoms with Gasteiger partial charge in [0.25, 0.3) is 0 Å². The topological polar surface area (TPSA) is 17.1 Å². The van der Waals surface area contributed by atoms with Crippen molar-refractivity contribution in [3.63, 3.8) is 0 Å². The number of thiophene rings is 1. The maximum Gasteiger partial charge on any atom is 0.160 e. The van der Waals surface area contributed by atoms with Crippen molar-refractivity contribution in [3.05, 3.63) is 28.0 Å². The number of halogens is 1. The third-order valence-electron chi connectivity index (χ3n) is 1.23. The molecule has 1 aromatic heterocycles. The Labute approximate surface area is 74.3 Å². The van der Waals surface area contributed by atoms with E-state index < -0.39 is 0 Å². The second-order valence-corrected chi connectivity index (χ2v) is 3.48. The van der Waals surface area contributed by atoms with Gasteiger partial charge < -0.3 is 0 Å². The van der Waals surface area contributed by atoms with Crippen LogP contribution in [0.15, 0.2) is 18.2 Å². The Morgan fingerprint density at radius 2 is 2.36 bits per heavy atom. The maximum absolute atomic E-state index is 10.3. The van der Waals surface area contributed by atoms with E-state index in [0.717, 1.165) is 11.2 Å². The van der Waals surface area contributed by atoms with E-state index >= 15 is 0 Å². The van der Waals surface area contributed by atoms with Gasteiger partial charge >= 0.3 is 0 Å². The average Bonchev–Trinajstić information content (AvgIpc) is 2.50. The molecule has 0 fully saturated rings. The van der Waals surface area contributed by atoms with Gasteiger partial charge in [-0.2, -0.15) is 0 Å². The van der Waals surface area contributed by atoms with Gasteiger partial charge in [0.15, 0.2) is 6.29 Å². The van der Waals surface area contributed by atoms with Gasteiger partial charge in [-0.1, -0.05) is 17.7 Å². The summed E-state index contributed by atoms with van der Waals surface area (Å²) in [6, 6.07) is 3.61. The molecule has 0 aromatic carbocycles. The van der Waals surface area contributed by atoms with Crippen molar-refractivity contribution in [2.45, 2.75) is 6.92 Å². The van der Waals surface area contributed by atoms with Crippen LogP contribution in [0.1, 0.15) is 21.5 Å². The van der Waals surface area contributed by atoms with Crippen molar-refractivity contribution >= 4 is 34.3 Å². The SMILES string of the molecule is C/C=C(\Cl)c1ccc(C=O)s1. The van der Waals surface area contributed by atoms with E-state index in [1.807, 2.05) is 19.1 Å². The number of carbonyl (C=O) groups is 1. The molecule has 0 saturated heterocycles. The molecule has 1 rings (SSSR count). The molecule has 0 saturated carbocycles. The van der Waals surface area contributed by atoms with Crippen LogP contribution in [0.4, 0.5) is 0 Å². The smallest absolute Gasteiger partial charge is 0.160 e. The van der Waals surface area contributed by atoms with Crippen LogP contribution in [0, 0.1) is 0 Å². The highest BCUT2D eigenvalue weighted by Crippen LogP contribution is 2.25. The monoisotopic (exact) mass is 186 g/mol. The Balaban J connectivity index is 2.97. The van der Waals surface area contributed by atoms with Crippen LogP contribution in [0.25, 0.3) is 5.03 Å². The summed E-state index contributed by atoms with van der Waals surface area (Å²) in [6.45, 7) is 1.86. The first-order valence-corrected chi connectivity index (χ1v) is 4.34. The van der Waals surface area contributed by atoms with Crippen molar-refractivity contribution < 1.29 is 4.79 Å². The van der Waals surface area contributed by atoms with Crippen LogP contribution in [-0.2, 0) is 0 Å². The molecular weight excluding hydrogens is 180 g/mol. The van der Waals surface area contributed by atoms with Crippen molar-refractivity contribution in [3.8, 4) is 0 Å². The predicted molar refractivity (Wildman–Crippen MR) is 49.2 cm³/mol. The molecule has 0 aliphatic heterocycles. The first-order valence-electron chi connectivity index (χ1n) is 3.15. The molecule has 11 heavy (non-hydrogen) atoms. The Kier molecular flexibility index (Phi) is 2.85. The molecule has 1 aromatic rings. The zero-order valence-electron chi connectivity index (χ0n) is 6.00. The highest BCUT2D eigenvalue weighted by Gasteiger charge is 2.00. The summed E-state index contributed by atoms with van der Waals surface area (Å²) in [5.41, 5.74) is 0. The largest absolute Gasteiger partial charge is 0.297 e. The molecule has 0 radical (unpaired) electrons. The zero-order chi connectivity index (χ0) is 8.27. The lowest BCUT2D eigenvalue weighted by Crippen LogP contribution is -1.64. The van der Waals surface area contributed by atoms with Gasteiger partial charge in [0.1, 0.15) is 0 Å². The molecule has 0 unspecified atom stereocenters. The summed E-state index contributed by atoms with van der Waals surface area (Å²) >= 11 is 7.21. The zero-order valence-corrected chi connectivity index (χ0v) is 7.58. The molecule has 3 heteroatoms.